The van der Waals surface area contributed by atoms with Gasteiger partial charge in [0.1, 0.15) is 12.3 Å². The number of aliphatic carboxylic acids is 2. The summed E-state index contributed by atoms with van der Waals surface area (Å²) in [6.45, 7) is 1.02. The number of amides is 3. The Hall–Kier alpha value is -3.02. The first-order valence-electron chi connectivity index (χ1n) is 15.7. The third kappa shape index (κ3) is 18.4. The lowest BCUT2D eigenvalue weighted by Gasteiger charge is -2.23. The minimum absolute atomic E-state index is 0.0434. The van der Waals surface area contributed by atoms with Gasteiger partial charge in [0, 0.05) is 32.4 Å². The summed E-state index contributed by atoms with van der Waals surface area (Å²) in [6, 6.07) is -1.46. The second kappa shape index (κ2) is 23.5. The van der Waals surface area contributed by atoms with E-state index >= 15 is 0 Å². The lowest BCUT2D eigenvalue weighted by atomic mass is 10.0. The van der Waals surface area contributed by atoms with Crippen LogP contribution in [-0.4, -0.2) is 89.3 Å². The summed E-state index contributed by atoms with van der Waals surface area (Å²) >= 11 is 0. The Kier molecular flexibility index (Phi) is 20.7. The minimum atomic E-state index is -1.19. The Balaban J connectivity index is 2.11. The van der Waals surface area contributed by atoms with Crippen LogP contribution in [0.4, 0.5) is 0 Å². The summed E-state index contributed by atoms with van der Waals surface area (Å²) in [7, 11) is 0. The van der Waals surface area contributed by atoms with Crippen LogP contribution in [0.2, 0.25) is 0 Å². The molecule has 0 aromatic rings. The van der Waals surface area contributed by atoms with Gasteiger partial charge in [-0.15, -0.1) is 0 Å². The van der Waals surface area contributed by atoms with Crippen LogP contribution in [-0.2, 0) is 28.8 Å². The van der Waals surface area contributed by atoms with Gasteiger partial charge >= 0.3 is 11.9 Å². The summed E-state index contributed by atoms with van der Waals surface area (Å²) in [5.74, 6) is -2.81. The number of carbonyl (C=O) groups is 6. The fourth-order valence-corrected chi connectivity index (χ4v) is 5.04. The molecule has 1 heterocycles. The van der Waals surface area contributed by atoms with Crippen molar-refractivity contribution >= 4 is 35.9 Å². The Bertz CT molecular complexity index is 832. The first-order valence-corrected chi connectivity index (χ1v) is 15.7. The number of nitrogens with one attached hydrogen (secondary N) is 3. The molecule has 1 rings (SSSR count). The van der Waals surface area contributed by atoms with Gasteiger partial charge in [-0.05, 0) is 38.6 Å². The van der Waals surface area contributed by atoms with Crippen molar-refractivity contribution < 1.29 is 39.0 Å². The number of carboxylic acid groups (broad SMARTS) is 2. The van der Waals surface area contributed by atoms with E-state index in [0.29, 0.717) is 19.1 Å². The highest BCUT2D eigenvalue weighted by Crippen LogP contribution is 2.13. The molecular weight excluding hydrogens is 544 g/mol. The van der Waals surface area contributed by atoms with Gasteiger partial charge in [-0.2, -0.15) is 0 Å². The summed E-state index contributed by atoms with van der Waals surface area (Å²) in [4.78, 5) is 71.4. The molecule has 1 saturated heterocycles. The van der Waals surface area contributed by atoms with Crippen molar-refractivity contribution in [3.8, 4) is 0 Å². The summed E-state index contributed by atoms with van der Waals surface area (Å²) in [5, 5.41) is 26.3. The van der Waals surface area contributed by atoms with Crippen LogP contribution in [0.5, 0.6) is 0 Å². The fourth-order valence-electron chi connectivity index (χ4n) is 5.04. The minimum Gasteiger partial charge on any atom is -0.481 e. The van der Waals surface area contributed by atoms with Gasteiger partial charge in [0.15, 0.2) is 0 Å². The molecule has 0 spiro atoms. The molecule has 0 aromatic carbocycles. The Labute approximate surface area is 249 Å². The molecule has 12 nitrogen and oxygen atoms in total. The van der Waals surface area contributed by atoms with Crippen LogP contribution in [0.1, 0.15) is 116 Å². The molecule has 1 aliphatic heterocycles. The normalized spacial score (nSPS) is 15.1. The van der Waals surface area contributed by atoms with Crippen molar-refractivity contribution in [3.05, 3.63) is 0 Å². The summed E-state index contributed by atoms with van der Waals surface area (Å²) in [5.41, 5.74) is 0. The van der Waals surface area contributed by atoms with Crippen LogP contribution >= 0.6 is 0 Å². The first kappa shape index (κ1) is 37.0. The van der Waals surface area contributed by atoms with E-state index < -0.39 is 18.0 Å². The SMILES string of the molecule is O=CCN(CCNC(=O)CCC(NC(=O)CCCCCCCCCCCCCCC(=O)O)C(=O)O)C(=O)C1CCCN1. The quantitative estimate of drug-likeness (QED) is 0.0740. The summed E-state index contributed by atoms with van der Waals surface area (Å²) in [6.07, 6.45) is 15.0. The third-order valence-electron chi connectivity index (χ3n) is 7.51. The van der Waals surface area contributed by atoms with Crippen molar-refractivity contribution in [2.75, 3.05) is 26.2 Å². The van der Waals surface area contributed by atoms with E-state index in [9.17, 15) is 33.9 Å². The molecule has 0 saturated carbocycles. The van der Waals surface area contributed by atoms with E-state index in [4.69, 9.17) is 5.11 Å². The van der Waals surface area contributed by atoms with Crippen molar-refractivity contribution in [2.45, 2.75) is 128 Å². The van der Waals surface area contributed by atoms with Crippen molar-refractivity contribution in [1.29, 1.82) is 0 Å². The van der Waals surface area contributed by atoms with E-state index in [-0.39, 0.29) is 69.1 Å². The molecule has 3 amide bonds. The highest BCUT2D eigenvalue weighted by atomic mass is 16.4. The smallest absolute Gasteiger partial charge is 0.326 e. The number of carboxylic acids is 2. The van der Waals surface area contributed by atoms with Crippen LogP contribution in [0.3, 0.4) is 0 Å². The highest BCUT2D eigenvalue weighted by Gasteiger charge is 2.26. The fraction of sp³-hybridized carbons (Fsp3) is 0.800. The van der Waals surface area contributed by atoms with E-state index in [1.54, 1.807) is 0 Å². The molecule has 2 unspecified atom stereocenters. The molecule has 2 atom stereocenters. The first-order chi connectivity index (χ1) is 20.2. The van der Waals surface area contributed by atoms with Crippen LogP contribution in [0, 0.1) is 0 Å². The number of carbonyl (C=O) groups excluding carboxylic acids is 4. The molecule has 0 aromatic heterocycles. The van der Waals surface area contributed by atoms with Crippen LogP contribution < -0.4 is 16.0 Å². The molecule has 0 radical (unpaired) electrons. The number of rotatable bonds is 26. The molecule has 1 fully saturated rings. The predicted octanol–water partition coefficient (Wildman–Crippen LogP) is 2.78. The topological polar surface area (TPSA) is 182 Å². The van der Waals surface area contributed by atoms with Gasteiger partial charge in [-0.1, -0.05) is 64.2 Å². The molecule has 5 N–H and O–H groups in total. The number of aldehydes is 1. The zero-order valence-electron chi connectivity index (χ0n) is 25.1. The lowest BCUT2D eigenvalue weighted by molar-refractivity contribution is -0.142. The second-order valence-electron chi connectivity index (χ2n) is 11.1. The molecule has 12 heteroatoms. The lowest BCUT2D eigenvalue weighted by Crippen LogP contribution is -2.47. The average Bonchev–Trinajstić information content (AvgIpc) is 3.49. The van der Waals surface area contributed by atoms with Gasteiger partial charge < -0.3 is 35.9 Å². The molecule has 240 valence electrons. The van der Waals surface area contributed by atoms with Gasteiger partial charge in [-0.3, -0.25) is 19.2 Å². The number of unbranched alkanes of at least 4 members (excludes halogenated alkanes) is 11. The molecule has 0 bridgehead atoms. The summed E-state index contributed by atoms with van der Waals surface area (Å²) < 4.78 is 0. The zero-order chi connectivity index (χ0) is 31.0. The van der Waals surface area contributed by atoms with E-state index in [1.165, 1.54) is 24.2 Å². The van der Waals surface area contributed by atoms with Gasteiger partial charge in [-0.25, -0.2) is 4.79 Å². The van der Waals surface area contributed by atoms with Crippen LogP contribution in [0.25, 0.3) is 0 Å². The Morgan fingerprint density at radius 2 is 1.38 bits per heavy atom. The van der Waals surface area contributed by atoms with Gasteiger partial charge in [0.25, 0.3) is 0 Å². The second-order valence-corrected chi connectivity index (χ2v) is 11.1. The van der Waals surface area contributed by atoms with Crippen molar-refractivity contribution in [1.82, 2.24) is 20.9 Å². The monoisotopic (exact) mass is 596 g/mol. The zero-order valence-corrected chi connectivity index (χ0v) is 25.1. The largest absolute Gasteiger partial charge is 0.481 e. The van der Waals surface area contributed by atoms with Crippen molar-refractivity contribution in [3.63, 3.8) is 0 Å². The molecule has 0 aliphatic carbocycles. The van der Waals surface area contributed by atoms with Crippen LogP contribution in [0.15, 0.2) is 0 Å². The molecular formula is C30H52N4O8. The third-order valence-corrected chi connectivity index (χ3v) is 7.51. The maximum absolute atomic E-state index is 12.5. The number of hydrogen-bond acceptors (Lipinski definition) is 7. The molecule has 1 aliphatic rings. The number of hydrogen-bond donors (Lipinski definition) is 5. The number of nitrogens with zero attached hydrogens (tertiary/aromatic N) is 1. The Morgan fingerprint density at radius 1 is 0.810 bits per heavy atom. The maximum Gasteiger partial charge on any atom is 0.326 e. The molecule has 42 heavy (non-hydrogen) atoms. The van der Waals surface area contributed by atoms with Crippen molar-refractivity contribution in [2.24, 2.45) is 0 Å². The van der Waals surface area contributed by atoms with E-state index in [0.717, 1.165) is 64.3 Å². The van der Waals surface area contributed by atoms with E-state index in [2.05, 4.69) is 16.0 Å². The van der Waals surface area contributed by atoms with Gasteiger partial charge in [0.05, 0.1) is 12.6 Å². The predicted molar refractivity (Wildman–Crippen MR) is 158 cm³/mol. The average molecular weight is 597 g/mol. The highest BCUT2D eigenvalue weighted by molar-refractivity contribution is 5.85. The Morgan fingerprint density at radius 3 is 1.88 bits per heavy atom. The maximum atomic E-state index is 12.5. The van der Waals surface area contributed by atoms with E-state index in [1.807, 2.05) is 0 Å². The van der Waals surface area contributed by atoms with Gasteiger partial charge in [0.2, 0.25) is 17.7 Å². The standard InChI is InChI=1S/C30H52N4O8/c35-23-22-34(29(40)24-14-13-19-31-24)21-20-32-26(36)18-17-25(30(41)42)33-27(37)15-11-9-7-5-3-1-2-4-6-8-10-12-16-28(38)39/h23-25,31H,1-22H2,(H,32,36)(H,33,37)(H,38,39)(H,41,42).